The average Bonchev–Trinajstić information content (AvgIpc) is 2.82. The number of carbonyl (C=O) groups is 1. The molecule has 0 saturated carbocycles. The van der Waals surface area contributed by atoms with Crippen LogP contribution in [0.2, 0.25) is 0 Å². The lowest BCUT2D eigenvalue weighted by Crippen LogP contribution is -2.49. The zero-order valence-corrected chi connectivity index (χ0v) is 20.3. The molecule has 36 heavy (non-hydrogen) atoms. The topological polar surface area (TPSA) is 97.4 Å². The number of nitrogens with two attached hydrogens (primary N) is 1. The van der Waals surface area contributed by atoms with Crippen molar-refractivity contribution < 1.29 is 22.4 Å². The van der Waals surface area contributed by atoms with Crippen molar-refractivity contribution in [3.8, 4) is 0 Å². The Kier molecular flexibility index (Phi) is 6.65. The predicted octanol–water partition coefficient (Wildman–Crippen LogP) is 3.24. The minimum atomic E-state index is -5.10. The number of allylic oxidation sites excluding steroid dienone is 2. The second-order valence-corrected chi connectivity index (χ2v) is 9.69. The summed E-state index contributed by atoms with van der Waals surface area (Å²) in [7, 11) is 0. The van der Waals surface area contributed by atoms with Crippen LogP contribution in [0.4, 0.5) is 23.4 Å². The summed E-state index contributed by atoms with van der Waals surface area (Å²) in [5.41, 5.74) is 2.07. The van der Waals surface area contributed by atoms with E-state index in [0.29, 0.717) is 6.07 Å². The first-order chi connectivity index (χ1) is 16.8. The lowest BCUT2D eigenvalue weighted by Gasteiger charge is -2.36. The van der Waals surface area contributed by atoms with Gasteiger partial charge in [-0.05, 0) is 25.1 Å². The van der Waals surface area contributed by atoms with Crippen molar-refractivity contribution in [3.05, 3.63) is 58.0 Å². The van der Waals surface area contributed by atoms with Crippen LogP contribution in [0.15, 0.2) is 46.8 Å². The Morgan fingerprint density at radius 2 is 1.92 bits per heavy atom. The molecule has 2 aromatic rings. The molecule has 2 N–H and O–H groups in total. The molecule has 3 heterocycles. The van der Waals surface area contributed by atoms with Crippen LogP contribution in [0.25, 0.3) is 16.6 Å². The highest BCUT2D eigenvalue weighted by molar-refractivity contribution is 6.35. The van der Waals surface area contributed by atoms with Crippen LogP contribution in [0.3, 0.4) is 0 Å². The summed E-state index contributed by atoms with van der Waals surface area (Å²) in [4.78, 5) is 34.9. The van der Waals surface area contributed by atoms with E-state index in [0.717, 1.165) is 12.4 Å². The summed E-state index contributed by atoms with van der Waals surface area (Å²) in [5, 5.41) is -0.755. The molecule has 0 radical (unpaired) electrons. The molecule has 1 fully saturated rings. The number of nitrogens with zero attached hydrogens (tertiary/aromatic N) is 5. The molecular formula is C22H20Cl2F4N6O2. The molecule has 1 aliphatic heterocycles. The van der Waals surface area contributed by atoms with E-state index in [1.807, 2.05) is 0 Å². The monoisotopic (exact) mass is 546 g/mol. The summed E-state index contributed by atoms with van der Waals surface area (Å²) >= 11 is 12.2. The Hall–Kier alpha value is -2.96. The van der Waals surface area contributed by atoms with E-state index in [2.05, 4.69) is 16.5 Å². The maximum Gasteiger partial charge on any atom is 0.431 e. The third-order valence-electron chi connectivity index (χ3n) is 6.13. The molecule has 0 spiro atoms. The fourth-order valence-electron chi connectivity index (χ4n) is 4.24. The van der Waals surface area contributed by atoms with Gasteiger partial charge in [-0.2, -0.15) is 13.2 Å². The molecular weight excluding hydrogens is 527 g/mol. The van der Waals surface area contributed by atoms with Gasteiger partial charge in [0, 0.05) is 26.2 Å². The molecule has 1 aliphatic carbocycles. The molecule has 4 rings (SSSR count). The number of carbonyl (C=O) groups excluding carboxylic acids is 1. The van der Waals surface area contributed by atoms with Gasteiger partial charge < -0.3 is 15.5 Å². The van der Waals surface area contributed by atoms with Crippen LogP contribution < -0.4 is 16.2 Å². The largest absolute Gasteiger partial charge is 0.431 e. The Balaban J connectivity index is 1.93. The van der Waals surface area contributed by atoms with Gasteiger partial charge in [0.2, 0.25) is 5.91 Å². The standard InChI is InChI=1S/C22H20Cl2F4N6O2/c1-3-14(35)32-4-6-33(7-5-32)19-11-8-13(22(26,27)28)34(20(36)16(11)30-10-31-19)17-15(25)12(23)9-21(2,24)18(17)29/h3,8-10,18H,1,4-7,29H2,2H3. The highest BCUT2D eigenvalue weighted by Gasteiger charge is 2.43. The molecule has 2 aromatic heterocycles. The van der Waals surface area contributed by atoms with Crippen molar-refractivity contribution in [2.24, 2.45) is 5.73 Å². The summed E-state index contributed by atoms with van der Waals surface area (Å²) in [6, 6.07) is -0.868. The van der Waals surface area contributed by atoms with Gasteiger partial charge in [0.1, 0.15) is 23.4 Å². The highest BCUT2D eigenvalue weighted by Crippen LogP contribution is 2.42. The Morgan fingerprint density at radius 1 is 1.28 bits per heavy atom. The van der Waals surface area contributed by atoms with Crippen LogP contribution in [-0.2, 0) is 11.0 Å². The first-order valence-corrected chi connectivity index (χ1v) is 11.4. The number of amides is 1. The highest BCUT2D eigenvalue weighted by atomic mass is 35.5. The van der Waals surface area contributed by atoms with E-state index in [1.54, 1.807) is 4.90 Å². The molecule has 8 nitrogen and oxygen atoms in total. The maximum atomic E-state index is 15.1. The van der Waals surface area contributed by atoms with Crippen molar-refractivity contribution in [1.29, 1.82) is 0 Å². The summed E-state index contributed by atoms with van der Waals surface area (Å²) in [6.07, 6.45) is -1.83. The van der Waals surface area contributed by atoms with E-state index in [4.69, 9.17) is 28.9 Å². The molecule has 0 bridgehead atoms. The number of rotatable bonds is 3. The van der Waals surface area contributed by atoms with Crippen LogP contribution in [0, 0.1) is 0 Å². The molecule has 2 unspecified atom stereocenters. The zero-order valence-electron chi connectivity index (χ0n) is 18.8. The number of alkyl halides is 4. The third kappa shape index (κ3) is 4.37. The third-order valence-corrected chi connectivity index (χ3v) is 6.75. The van der Waals surface area contributed by atoms with Crippen molar-refractivity contribution in [2.45, 2.75) is 24.0 Å². The van der Waals surface area contributed by atoms with Crippen LogP contribution in [0.5, 0.6) is 0 Å². The quantitative estimate of drug-likeness (QED) is 0.360. The first kappa shape index (κ1) is 26.1. The summed E-state index contributed by atoms with van der Waals surface area (Å²) < 4.78 is 58.1. The maximum absolute atomic E-state index is 15.1. The number of halogens is 6. The van der Waals surface area contributed by atoms with Gasteiger partial charge in [0.05, 0.1) is 27.0 Å². The molecule has 2 atom stereocenters. The second-order valence-electron chi connectivity index (χ2n) is 8.46. The van der Waals surface area contributed by atoms with Gasteiger partial charge in [-0.1, -0.05) is 18.2 Å². The van der Waals surface area contributed by atoms with Crippen LogP contribution in [0.1, 0.15) is 12.6 Å². The van der Waals surface area contributed by atoms with E-state index in [9.17, 15) is 22.8 Å². The van der Waals surface area contributed by atoms with E-state index in [1.165, 1.54) is 17.9 Å². The minimum absolute atomic E-state index is 0.0722. The number of pyridine rings is 1. The van der Waals surface area contributed by atoms with Gasteiger partial charge in [0.25, 0.3) is 5.56 Å². The Bertz CT molecular complexity index is 1380. The SMILES string of the molecule is C=CC(=O)N1CCN(c2ncnc3c(=O)n(C4=C(F)C(Cl)=CC(C)(Cl)C4N)c(C(F)(F)F)cc23)CC1. The number of fused-ring (bicyclic) bond motifs is 1. The van der Waals surface area contributed by atoms with E-state index in [-0.39, 0.29) is 53.4 Å². The fraction of sp³-hybridized carbons (Fsp3) is 0.364. The van der Waals surface area contributed by atoms with Gasteiger partial charge in [-0.15, -0.1) is 11.6 Å². The predicted molar refractivity (Wildman–Crippen MR) is 128 cm³/mol. The molecule has 0 aromatic carbocycles. The zero-order chi connectivity index (χ0) is 26.6. The van der Waals surface area contributed by atoms with Gasteiger partial charge >= 0.3 is 6.18 Å². The first-order valence-electron chi connectivity index (χ1n) is 10.7. The lowest BCUT2D eigenvalue weighted by molar-refractivity contribution is -0.142. The van der Waals surface area contributed by atoms with Gasteiger partial charge in [0.15, 0.2) is 5.83 Å². The Labute approximate surface area is 212 Å². The second kappa shape index (κ2) is 9.16. The Morgan fingerprint density at radius 3 is 2.50 bits per heavy atom. The van der Waals surface area contributed by atoms with Crippen molar-refractivity contribution in [3.63, 3.8) is 0 Å². The fourth-order valence-corrected chi connectivity index (χ4v) is 4.83. The molecule has 1 amide bonds. The number of hydrogen-bond acceptors (Lipinski definition) is 6. The normalized spacial score (nSPS) is 23.2. The summed E-state index contributed by atoms with van der Waals surface area (Å²) in [6.45, 7) is 5.80. The summed E-state index contributed by atoms with van der Waals surface area (Å²) in [5.74, 6) is -1.50. The van der Waals surface area contributed by atoms with E-state index < -0.39 is 44.9 Å². The number of anilines is 1. The number of aromatic nitrogens is 3. The molecule has 2 aliphatic rings. The average molecular weight is 547 g/mol. The van der Waals surface area contributed by atoms with Crippen molar-refractivity contribution in [2.75, 3.05) is 31.1 Å². The van der Waals surface area contributed by atoms with Crippen LogP contribution >= 0.6 is 23.2 Å². The van der Waals surface area contributed by atoms with Crippen LogP contribution in [-0.4, -0.2) is 62.4 Å². The lowest BCUT2D eigenvalue weighted by atomic mass is 9.92. The van der Waals surface area contributed by atoms with Gasteiger partial charge in [-0.3, -0.25) is 14.2 Å². The molecule has 192 valence electrons. The number of hydrogen-bond donors (Lipinski definition) is 1. The smallest absolute Gasteiger partial charge is 0.352 e. The molecule has 14 heteroatoms. The number of piperazine rings is 1. The van der Waals surface area contributed by atoms with Crippen molar-refractivity contribution >= 4 is 51.5 Å². The van der Waals surface area contributed by atoms with Gasteiger partial charge in [-0.25, -0.2) is 14.4 Å². The van der Waals surface area contributed by atoms with E-state index >= 15 is 4.39 Å². The van der Waals surface area contributed by atoms with Crippen molar-refractivity contribution in [1.82, 2.24) is 19.4 Å². The minimum Gasteiger partial charge on any atom is -0.352 e. The molecule has 1 saturated heterocycles.